The molecule has 0 aliphatic carbocycles. The van der Waals surface area contributed by atoms with Gasteiger partial charge in [-0.15, -0.1) is 0 Å². The van der Waals surface area contributed by atoms with Gasteiger partial charge < -0.3 is 16.1 Å². The predicted molar refractivity (Wildman–Crippen MR) is 85.3 cm³/mol. The molecular weight excluding hydrogens is 354 g/mol. The minimum atomic E-state index is -1.41. The van der Waals surface area contributed by atoms with Crippen LogP contribution < -0.4 is 21.4 Å². The highest BCUT2D eigenvalue weighted by atomic mass is 16.6. The second-order valence-corrected chi connectivity index (χ2v) is 4.79. The molecule has 0 aromatic heterocycles. The number of nitrogens with one attached hydrogen (secondary N) is 4. The number of rotatable bonds is 6. The lowest BCUT2D eigenvalue weighted by Gasteiger charge is -2.12. The first-order chi connectivity index (χ1) is 12.2. The molecule has 1 aromatic carbocycles. The van der Waals surface area contributed by atoms with Crippen molar-refractivity contribution in [2.45, 2.75) is 6.04 Å². The molecule has 0 radical (unpaired) electrons. The van der Waals surface area contributed by atoms with Crippen molar-refractivity contribution >= 4 is 40.6 Å². The van der Waals surface area contributed by atoms with Crippen molar-refractivity contribution in [1.82, 2.24) is 16.1 Å². The van der Waals surface area contributed by atoms with Crippen molar-refractivity contribution in [3.63, 3.8) is 0 Å². The lowest BCUT2D eigenvalue weighted by atomic mass is 10.1. The topological polar surface area (TPSA) is 198 Å². The third-order valence-electron chi connectivity index (χ3n) is 3.15. The summed E-state index contributed by atoms with van der Waals surface area (Å²) in [5.41, 5.74) is 0.198. The van der Waals surface area contributed by atoms with Gasteiger partial charge in [-0.25, -0.2) is 4.79 Å². The number of carbonyl (C=O) groups excluding carboxylic acids is 3. The van der Waals surface area contributed by atoms with Crippen molar-refractivity contribution in [1.29, 1.82) is 0 Å². The van der Waals surface area contributed by atoms with E-state index in [1.54, 1.807) is 0 Å². The SMILES string of the molecule is CN/N=C(/C(=O)Nc1ccc([N+](=O)[O-])cc1[N+](=O)[O-])[C@H]1NC(=O)NC1=O. The van der Waals surface area contributed by atoms with Gasteiger partial charge in [-0.05, 0) is 6.07 Å². The van der Waals surface area contributed by atoms with E-state index in [0.717, 1.165) is 12.1 Å². The standard InChI is InChI=1S/C12H11N7O7/c1-13-17-9(8-10(20)16-12(22)15-8)11(21)14-6-3-2-5(18(23)24)4-7(6)19(25)26/h2-4,8,13H,1H3,(H,14,21)(H2,15,16,20,22)/b17-9+/t8-/m1/s1. The Balaban J connectivity index is 2.34. The summed E-state index contributed by atoms with van der Waals surface area (Å²) in [6.07, 6.45) is 0. The van der Waals surface area contributed by atoms with Crippen molar-refractivity contribution in [3.05, 3.63) is 38.4 Å². The molecule has 26 heavy (non-hydrogen) atoms. The lowest BCUT2D eigenvalue weighted by molar-refractivity contribution is -0.393. The van der Waals surface area contributed by atoms with Gasteiger partial charge in [-0.3, -0.25) is 35.1 Å². The second kappa shape index (κ2) is 7.20. The van der Waals surface area contributed by atoms with E-state index in [1.807, 2.05) is 5.32 Å². The van der Waals surface area contributed by atoms with Gasteiger partial charge >= 0.3 is 6.03 Å². The molecule has 1 atom stereocenters. The highest BCUT2D eigenvalue weighted by Crippen LogP contribution is 2.29. The molecule has 0 bridgehead atoms. The number of carbonyl (C=O) groups is 3. The molecule has 4 amide bonds. The average molecular weight is 365 g/mol. The van der Waals surface area contributed by atoms with E-state index < -0.39 is 50.8 Å². The minimum Gasteiger partial charge on any atom is -0.320 e. The molecular formula is C12H11N7O7. The summed E-state index contributed by atoms with van der Waals surface area (Å²) in [6.45, 7) is 0. The summed E-state index contributed by atoms with van der Waals surface area (Å²) < 4.78 is 0. The molecule has 4 N–H and O–H groups in total. The van der Waals surface area contributed by atoms with Crippen molar-refractivity contribution in [3.8, 4) is 0 Å². The first-order valence-electron chi connectivity index (χ1n) is 6.84. The van der Waals surface area contributed by atoms with Crippen LogP contribution in [0, 0.1) is 20.2 Å². The molecule has 1 saturated heterocycles. The van der Waals surface area contributed by atoms with Gasteiger partial charge in [0.05, 0.1) is 15.9 Å². The molecule has 136 valence electrons. The Labute approximate surface area is 143 Å². The maximum absolute atomic E-state index is 12.4. The zero-order valence-corrected chi connectivity index (χ0v) is 13.0. The molecule has 1 aromatic rings. The van der Waals surface area contributed by atoms with Crippen LogP contribution in [0.3, 0.4) is 0 Å². The van der Waals surface area contributed by atoms with Gasteiger partial charge in [0.2, 0.25) is 0 Å². The normalized spacial score (nSPS) is 16.5. The number of urea groups is 1. The second-order valence-electron chi connectivity index (χ2n) is 4.79. The van der Waals surface area contributed by atoms with Crippen LogP contribution in [0.5, 0.6) is 0 Å². The number of imide groups is 1. The zero-order chi connectivity index (χ0) is 19.4. The van der Waals surface area contributed by atoms with Gasteiger partial charge in [-0.1, -0.05) is 0 Å². The molecule has 1 aliphatic rings. The Bertz CT molecular complexity index is 850. The van der Waals surface area contributed by atoms with Crippen LogP contribution >= 0.6 is 0 Å². The summed E-state index contributed by atoms with van der Waals surface area (Å²) in [4.78, 5) is 55.3. The first-order valence-corrected chi connectivity index (χ1v) is 6.84. The fourth-order valence-electron chi connectivity index (χ4n) is 2.05. The summed E-state index contributed by atoms with van der Waals surface area (Å²) in [7, 11) is 1.33. The largest absolute Gasteiger partial charge is 0.322 e. The van der Waals surface area contributed by atoms with Crippen LogP contribution in [-0.2, 0) is 9.59 Å². The molecule has 0 spiro atoms. The summed E-state index contributed by atoms with van der Waals surface area (Å²) in [5.74, 6) is -1.86. The third kappa shape index (κ3) is 3.69. The zero-order valence-electron chi connectivity index (χ0n) is 13.0. The summed E-state index contributed by atoms with van der Waals surface area (Å²) in [5, 5.41) is 31.7. The van der Waals surface area contributed by atoms with E-state index >= 15 is 0 Å². The van der Waals surface area contributed by atoms with E-state index in [0.29, 0.717) is 6.07 Å². The van der Waals surface area contributed by atoms with Gasteiger partial charge in [0.1, 0.15) is 5.69 Å². The Morgan fingerprint density at radius 1 is 1.23 bits per heavy atom. The number of non-ortho nitro benzene ring substituents is 1. The number of hydrazone groups is 1. The van der Waals surface area contributed by atoms with Crippen LogP contribution in [0.15, 0.2) is 23.3 Å². The number of hydrogen-bond acceptors (Lipinski definition) is 9. The van der Waals surface area contributed by atoms with E-state index in [2.05, 4.69) is 21.2 Å². The summed E-state index contributed by atoms with van der Waals surface area (Å²) >= 11 is 0. The van der Waals surface area contributed by atoms with Gasteiger partial charge in [0.25, 0.3) is 23.2 Å². The van der Waals surface area contributed by atoms with Gasteiger partial charge in [0.15, 0.2) is 11.8 Å². The number of nitro groups is 2. The molecule has 2 rings (SSSR count). The third-order valence-corrected chi connectivity index (χ3v) is 3.15. The lowest BCUT2D eigenvalue weighted by Crippen LogP contribution is -2.44. The number of amides is 4. The quantitative estimate of drug-likeness (QED) is 0.218. The first kappa shape index (κ1) is 18.2. The minimum absolute atomic E-state index is 0.348. The van der Waals surface area contributed by atoms with Crippen molar-refractivity contribution < 1.29 is 24.2 Å². The van der Waals surface area contributed by atoms with Gasteiger partial charge in [0, 0.05) is 13.1 Å². The predicted octanol–water partition coefficient (Wildman–Crippen LogP) is -0.775. The smallest absolute Gasteiger partial charge is 0.320 e. The number of anilines is 1. The van der Waals surface area contributed by atoms with E-state index in [4.69, 9.17) is 0 Å². The molecule has 14 heteroatoms. The number of nitrogens with zero attached hydrogens (tertiary/aromatic N) is 3. The molecule has 0 saturated carbocycles. The van der Waals surface area contributed by atoms with Crippen molar-refractivity contribution in [2.75, 3.05) is 12.4 Å². The maximum atomic E-state index is 12.4. The van der Waals surface area contributed by atoms with Gasteiger partial charge in [-0.2, -0.15) is 5.10 Å². The Hall–Kier alpha value is -4.10. The van der Waals surface area contributed by atoms with Crippen LogP contribution in [0.25, 0.3) is 0 Å². The Kier molecular flexibility index (Phi) is 5.05. The Morgan fingerprint density at radius 2 is 1.92 bits per heavy atom. The average Bonchev–Trinajstić information content (AvgIpc) is 2.90. The highest BCUT2D eigenvalue weighted by molar-refractivity contribution is 6.49. The molecule has 14 nitrogen and oxygen atoms in total. The van der Waals surface area contributed by atoms with Crippen molar-refractivity contribution in [2.24, 2.45) is 5.10 Å². The van der Waals surface area contributed by atoms with Crippen LogP contribution in [0.2, 0.25) is 0 Å². The monoisotopic (exact) mass is 365 g/mol. The molecule has 0 unspecified atom stereocenters. The van der Waals surface area contributed by atoms with Crippen LogP contribution in [0.4, 0.5) is 21.9 Å². The Morgan fingerprint density at radius 3 is 2.42 bits per heavy atom. The number of benzene rings is 1. The maximum Gasteiger partial charge on any atom is 0.322 e. The number of hydrogen-bond donors (Lipinski definition) is 4. The summed E-state index contributed by atoms with van der Waals surface area (Å²) in [6, 6.07) is 0.360. The van der Waals surface area contributed by atoms with E-state index in [1.165, 1.54) is 7.05 Å². The fourth-order valence-corrected chi connectivity index (χ4v) is 2.05. The fraction of sp³-hybridized carbons (Fsp3) is 0.167. The number of nitro benzene ring substituents is 2. The molecule has 1 aliphatic heterocycles. The van der Waals surface area contributed by atoms with E-state index in [-0.39, 0.29) is 5.69 Å². The van der Waals surface area contributed by atoms with Crippen LogP contribution in [-0.4, -0.2) is 46.5 Å². The highest BCUT2D eigenvalue weighted by Gasteiger charge is 2.38. The molecule has 1 fully saturated rings. The van der Waals surface area contributed by atoms with E-state index in [9.17, 15) is 34.6 Å². The molecule has 1 heterocycles. The van der Waals surface area contributed by atoms with Crippen LogP contribution in [0.1, 0.15) is 0 Å².